The van der Waals surface area contributed by atoms with Crippen LogP contribution in [0.2, 0.25) is 18.1 Å². The first kappa shape index (κ1) is 18.8. The van der Waals surface area contributed by atoms with Crippen molar-refractivity contribution in [2.75, 3.05) is 6.61 Å². The van der Waals surface area contributed by atoms with Gasteiger partial charge in [0.2, 0.25) is 0 Å². The van der Waals surface area contributed by atoms with Crippen LogP contribution in [0.25, 0.3) is 0 Å². The fourth-order valence-electron chi connectivity index (χ4n) is 3.44. The van der Waals surface area contributed by atoms with Crippen LogP contribution in [0.15, 0.2) is 0 Å². The van der Waals surface area contributed by atoms with Crippen molar-refractivity contribution in [3.05, 3.63) is 22.3 Å². The van der Waals surface area contributed by atoms with Gasteiger partial charge in [-0.3, -0.25) is 0 Å². The first-order valence-electron chi connectivity index (χ1n) is 9.49. The number of benzene rings is 1. The van der Waals surface area contributed by atoms with Gasteiger partial charge >= 0.3 is 0 Å². The summed E-state index contributed by atoms with van der Waals surface area (Å²) in [7, 11) is -1.87. The molecule has 2 aliphatic rings. The Hall–Kier alpha value is -1.00. The molecular weight excluding hydrogens is 328 g/mol. The summed E-state index contributed by atoms with van der Waals surface area (Å²) in [5, 5.41) is 0.189. The minimum atomic E-state index is -1.87. The highest BCUT2D eigenvalue weighted by atomic mass is 28.4. The molecule has 0 saturated carbocycles. The lowest BCUT2D eigenvalue weighted by Crippen LogP contribution is -2.45. The summed E-state index contributed by atoms with van der Waals surface area (Å²) in [6.45, 7) is 21.1. The first-order valence-corrected chi connectivity index (χ1v) is 12.4. The second kappa shape index (κ2) is 5.75. The van der Waals surface area contributed by atoms with E-state index in [1.54, 1.807) is 0 Å². The van der Waals surface area contributed by atoms with E-state index < -0.39 is 8.32 Å². The number of hydrogen-bond acceptors (Lipinski definition) is 3. The molecule has 2 atom stereocenters. The van der Waals surface area contributed by atoms with Crippen molar-refractivity contribution in [3.63, 3.8) is 0 Å². The van der Waals surface area contributed by atoms with Gasteiger partial charge in [-0.1, -0.05) is 20.8 Å². The summed E-state index contributed by atoms with van der Waals surface area (Å²) < 4.78 is 18.8. The molecule has 0 aromatic heterocycles. The molecule has 0 bridgehead atoms. The standard InChI is InChI=1S/C21H34O3Si/c1-13-14(2)19-16(10-11-21(7,23-19)17-12-22-17)15(3)18(13)24-25(8,9)20(4,5)6/h17H,10-12H2,1-9H3. The largest absolute Gasteiger partial charge is 0.543 e. The molecule has 0 spiro atoms. The Morgan fingerprint density at radius 1 is 1.08 bits per heavy atom. The summed E-state index contributed by atoms with van der Waals surface area (Å²) >= 11 is 0. The molecule has 2 heterocycles. The number of epoxide rings is 1. The number of fused-ring (bicyclic) bond motifs is 1. The third-order valence-electron chi connectivity index (χ3n) is 6.70. The van der Waals surface area contributed by atoms with Crippen molar-refractivity contribution in [2.45, 2.75) is 91.1 Å². The second-order valence-electron chi connectivity index (χ2n) is 9.61. The number of ether oxygens (including phenoxy) is 2. The average molecular weight is 363 g/mol. The minimum absolute atomic E-state index is 0.182. The maximum atomic E-state index is 6.75. The molecule has 0 radical (unpaired) electrons. The summed E-state index contributed by atoms with van der Waals surface area (Å²) in [4.78, 5) is 0. The van der Waals surface area contributed by atoms with Crippen LogP contribution in [0, 0.1) is 20.8 Å². The van der Waals surface area contributed by atoms with Crippen LogP contribution in [-0.2, 0) is 11.2 Å². The van der Waals surface area contributed by atoms with Gasteiger partial charge in [-0.05, 0) is 75.4 Å². The van der Waals surface area contributed by atoms with Crippen molar-refractivity contribution in [1.29, 1.82) is 0 Å². The lowest BCUT2D eigenvalue weighted by molar-refractivity contribution is 0.0344. The Morgan fingerprint density at radius 2 is 1.68 bits per heavy atom. The zero-order valence-electron chi connectivity index (χ0n) is 17.4. The Labute approximate surface area is 154 Å². The van der Waals surface area contributed by atoms with Crippen LogP contribution >= 0.6 is 0 Å². The first-order chi connectivity index (χ1) is 11.4. The molecule has 25 heavy (non-hydrogen) atoms. The van der Waals surface area contributed by atoms with Gasteiger partial charge in [-0.15, -0.1) is 0 Å². The minimum Gasteiger partial charge on any atom is -0.543 e. The van der Waals surface area contributed by atoms with Crippen LogP contribution in [0.4, 0.5) is 0 Å². The Kier molecular flexibility index (Phi) is 4.32. The molecule has 1 fully saturated rings. The highest BCUT2D eigenvalue weighted by Gasteiger charge is 2.48. The monoisotopic (exact) mass is 362 g/mol. The van der Waals surface area contributed by atoms with Crippen molar-refractivity contribution in [1.82, 2.24) is 0 Å². The van der Waals surface area contributed by atoms with E-state index in [4.69, 9.17) is 13.9 Å². The highest BCUT2D eigenvalue weighted by molar-refractivity contribution is 6.74. The van der Waals surface area contributed by atoms with Crippen LogP contribution in [0.3, 0.4) is 0 Å². The molecule has 140 valence electrons. The van der Waals surface area contributed by atoms with Gasteiger partial charge in [0.15, 0.2) is 0 Å². The van der Waals surface area contributed by atoms with Gasteiger partial charge in [-0.25, -0.2) is 0 Å². The van der Waals surface area contributed by atoms with Gasteiger partial charge in [0.05, 0.1) is 6.61 Å². The fourth-order valence-corrected chi connectivity index (χ4v) is 4.56. The van der Waals surface area contributed by atoms with Gasteiger partial charge in [0.1, 0.15) is 23.2 Å². The molecule has 2 unspecified atom stereocenters. The Morgan fingerprint density at radius 3 is 2.20 bits per heavy atom. The van der Waals surface area contributed by atoms with E-state index in [0.717, 1.165) is 30.9 Å². The summed E-state index contributed by atoms with van der Waals surface area (Å²) in [6.07, 6.45) is 2.30. The Bertz CT molecular complexity index is 698. The third-order valence-corrected chi connectivity index (χ3v) is 11.0. The zero-order valence-corrected chi connectivity index (χ0v) is 18.4. The van der Waals surface area contributed by atoms with Crippen LogP contribution in [-0.4, -0.2) is 26.6 Å². The normalized spacial score (nSPS) is 26.0. The van der Waals surface area contributed by atoms with E-state index in [9.17, 15) is 0 Å². The predicted octanol–water partition coefficient (Wildman–Crippen LogP) is 5.48. The molecule has 1 aromatic rings. The van der Waals surface area contributed by atoms with Crippen molar-refractivity contribution >= 4 is 8.32 Å². The molecule has 3 rings (SSSR count). The molecule has 0 N–H and O–H groups in total. The van der Waals surface area contributed by atoms with Gasteiger partial charge < -0.3 is 13.9 Å². The predicted molar refractivity (Wildman–Crippen MR) is 106 cm³/mol. The molecule has 3 nitrogen and oxygen atoms in total. The van der Waals surface area contributed by atoms with Crippen LogP contribution in [0.5, 0.6) is 11.5 Å². The highest BCUT2D eigenvalue weighted by Crippen LogP contribution is 2.48. The quantitative estimate of drug-likeness (QED) is 0.527. The number of hydrogen-bond donors (Lipinski definition) is 0. The number of rotatable bonds is 3. The maximum Gasteiger partial charge on any atom is 0.250 e. The van der Waals surface area contributed by atoms with Crippen LogP contribution < -0.4 is 9.16 Å². The molecule has 2 aliphatic heterocycles. The lowest BCUT2D eigenvalue weighted by Gasteiger charge is -2.40. The van der Waals surface area contributed by atoms with E-state index in [2.05, 4.69) is 61.6 Å². The maximum absolute atomic E-state index is 6.75. The molecule has 4 heteroatoms. The molecule has 1 aromatic carbocycles. The smallest absolute Gasteiger partial charge is 0.250 e. The van der Waals surface area contributed by atoms with E-state index in [-0.39, 0.29) is 16.7 Å². The van der Waals surface area contributed by atoms with Crippen molar-refractivity contribution in [2.24, 2.45) is 0 Å². The molecule has 0 amide bonds. The Balaban J connectivity index is 2.03. The SMILES string of the molecule is Cc1c(C)c2c(c(C)c1O[Si](C)(C)C(C)(C)C)CCC(C)(C1CO1)O2. The molecule has 0 aliphatic carbocycles. The topological polar surface area (TPSA) is 31.0 Å². The van der Waals surface area contributed by atoms with Crippen LogP contribution in [0.1, 0.15) is 56.4 Å². The van der Waals surface area contributed by atoms with E-state index in [0.29, 0.717) is 0 Å². The average Bonchev–Trinajstić information content (AvgIpc) is 3.33. The second-order valence-corrected chi connectivity index (χ2v) is 14.3. The summed E-state index contributed by atoms with van der Waals surface area (Å²) in [5.41, 5.74) is 4.86. The third kappa shape index (κ3) is 3.12. The van der Waals surface area contributed by atoms with Gasteiger partial charge in [0.25, 0.3) is 8.32 Å². The van der Waals surface area contributed by atoms with Gasteiger partial charge in [0, 0.05) is 5.56 Å². The lowest BCUT2D eigenvalue weighted by atomic mass is 9.86. The van der Waals surface area contributed by atoms with Crippen molar-refractivity contribution in [3.8, 4) is 11.5 Å². The summed E-state index contributed by atoms with van der Waals surface area (Å²) in [6, 6.07) is 0. The van der Waals surface area contributed by atoms with E-state index >= 15 is 0 Å². The fraction of sp³-hybridized carbons (Fsp3) is 0.714. The zero-order chi connectivity index (χ0) is 18.8. The van der Waals surface area contributed by atoms with E-state index in [1.165, 1.54) is 22.3 Å². The molecular formula is C21H34O3Si. The summed E-state index contributed by atoms with van der Waals surface area (Å²) in [5.74, 6) is 2.17. The van der Waals surface area contributed by atoms with Gasteiger partial charge in [-0.2, -0.15) is 0 Å². The van der Waals surface area contributed by atoms with E-state index in [1.807, 2.05) is 0 Å². The molecule has 1 saturated heterocycles. The van der Waals surface area contributed by atoms with Crippen molar-refractivity contribution < 1.29 is 13.9 Å².